The molecule has 2 amide bonds. The van der Waals surface area contributed by atoms with Crippen molar-refractivity contribution < 1.29 is 19.1 Å². The van der Waals surface area contributed by atoms with E-state index in [2.05, 4.69) is 4.98 Å². The number of piperazine rings is 1. The number of aromatic nitrogens is 2. The number of amides is 2. The third-order valence-electron chi connectivity index (χ3n) is 6.19. The van der Waals surface area contributed by atoms with Crippen molar-refractivity contribution in [3.8, 4) is 0 Å². The van der Waals surface area contributed by atoms with Crippen LogP contribution in [0, 0.1) is 12.1 Å². The summed E-state index contributed by atoms with van der Waals surface area (Å²) in [4.78, 5) is 30.3. The average molecular weight is 457 g/mol. The zero-order valence-corrected chi connectivity index (χ0v) is 19.9. The summed E-state index contributed by atoms with van der Waals surface area (Å²) in [5, 5.41) is 19.5. The van der Waals surface area contributed by atoms with Gasteiger partial charge in [0.15, 0.2) is 0 Å². The van der Waals surface area contributed by atoms with Crippen molar-refractivity contribution in [2.45, 2.75) is 52.8 Å². The van der Waals surface area contributed by atoms with Crippen molar-refractivity contribution in [3.63, 3.8) is 0 Å². The van der Waals surface area contributed by atoms with E-state index in [0.717, 1.165) is 11.3 Å². The number of quaternary nitrogens is 1. The SMILES string of the molecule is Cc1ncc2n1C(=O)N(N1CCN([N+]([O-])(C(=O)OC(C)(C)C)C(C)c3ccccc3)CC1)C2. The van der Waals surface area contributed by atoms with Gasteiger partial charge in [0.1, 0.15) is 17.5 Å². The molecule has 10 nitrogen and oxygen atoms in total. The molecule has 2 aliphatic rings. The van der Waals surface area contributed by atoms with E-state index in [0.29, 0.717) is 38.5 Å². The maximum atomic E-state index is 14.3. The molecule has 0 spiro atoms. The fourth-order valence-corrected chi connectivity index (χ4v) is 4.42. The third-order valence-corrected chi connectivity index (χ3v) is 6.19. The van der Waals surface area contributed by atoms with Gasteiger partial charge >= 0.3 is 12.1 Å². The smallest absolute Gasteiger partial charge is 0.537 e. The van der Waals surface area contributed by atoms with Gasteiger partial charge < -0.3 is 9.94 Å². The lowest BCUT2D eigenvalue weighted by Crippen LogP contribution is -2.67. The lowest BCUT2D eigenvalue weighted by molar-refractivity contribution is -0.956. The van der Waals surface area contributed by atoms with Crippen molar-refractivity contribution in [2.75, 3.05) is 26.2 Å². The number of hydrazine groups is 1. The zero-order chi connectivity index (χ0) is 24.0. The fourth-order valence-electron chi connectivity index (χ4n) is 4.42. The monoisotopic (exact) mass is 456 g/mol. The molecule has 1 saturated heterocycles. The van der Waals surface area contributed by atoms with E-state index in [9.17, 15) is 14.8 Å². The predicted octanol–water partition coefficient (Wildman–Crippen LogP) is 3.43. The van der Waals surface area contributed by atoms with Gasteiger partial charge in [0.2, 0.25) is 0 Å². The van der Waals surface area contributed by atoms with Crippen LogP contribution >= 0.6 is 0 Å². The molecule has 178 valence electrons. The summed E-state index contributed by atoms with van der Waals surface area (Å²) in [6.45, 7) is 10.8. The van der Waals surface area contributed by atoms with E-state index in [1.807, 2.05) is 35.3 Å². The first kappa shape index (κ1) is 23.4. The molecule has 2 aliphatic heterocycles. The minimum Gasteiger partial charge on any atom is -0.601 e. The summed E-state index contributed by atoms with van der Waals surface area (Å²) < 4.78 is 5.96. The molecule has 1 aromatic heterocycles. The number of aryl methyl sites for hydroxylation is 1. The Labute approximate surface area is 194 Å². The number of hydrogen-bond acceptors (Lipinski definition) is 7. The van der Waals surface area contributed by atoms with E-state index in [4.69, 9.17) is 4.74 Å². The number of carbonyl (C=O) groups is 2. The number of carbonyl (C=O) groups excluding carboxylic acids is 2. The molecular weight excluding hydrogens is 424 g/mol. The van der Waals surface area contributed by atoms with Gasteiger partial charge in [0, 0.05) is 18.7 Å². The van der Waals surface area contributed by atoms with E-state index >= 15 is 0 Å². The molecule has 2 unspecified atom stereocenters. The molecule has 0 N–H and O–H groups in total. The third kappa shape index (κ3) is 4.26. The van der Waals surface area contributed by atoms with Crippen molar-refractivity contribution in [2.24, 2.45) is 0 Å². The summed E-state index contributed by atoms with van der Waals surface area (Å²) >= 11 is 0. The Morgan fingerprint density at radius 3 is 2.36 bits per heavy atom. The standard InChI is InChI=1S/C23H32N6O4/c1-17(19-9-7-6-8-10-19)29(32,22(31)33-23(3,4)5)26-13-11-25(12-14-26)27-16-20-15-24-18(2)28(20)21(27)30/h6-10,15,17H,11-14,16H2,1-5H3. The largest absolute Gasteiger partial charge is 0.601 e. The van der Waals surface area contributed by atoms with Crippen LogP contribution < -0.4 is 0 Å². The van der Waals surface area contributed by atoms with Gasteiger partial charge in [0.05, 0.1) is 31.5 Å². The molecule has 10 heteroatoms. The Morgan fingerprint density at radius 1 is 1.15 bits per heavy atom. The molecule has 0 saturated carbocycles. The molecule has 33 heavy (non-hydrogen) atoms. The van der Waals surface area contributed by atoms with Crippen molar-refractivity contribution in [3.05, 3.63) is 58.8 Å². The second-order valence-corrected chi connectivity index (χ2v) is 9.57. The lowest BCUT2D eigenvalue weighted by Gasteiger charge is -2.52. The molecule has 2 atom stereocenters. The molecule has 1 fully saturated rings. The highest BCUT2D eigenvalue weighted by Crippen LogP contribution is 2.34. The topological polar surface area (TPSA) is 94.0 Å². The number of hydroxylamine groups is 2. The first-order chi connectivity index (χ1) is 15.5. The predicted molar refractivity (Wildman–Crippen MR) is 121 cm³/mol. The van der Waals surface area contributed by atoms with Gasteiger partial charge in [-0.25, -0.2) is 19.4 Å². The van der Waals surface area contributed by atoms with Crippen LogP contribution in [-0.4, -0.2) is 73.2 Å². The van der Waals surface area contributed by atoms with Crippen LogP contribution in [0.1, 0.15) is 50.8 Å². The van der Waals surface area contributed by atoms with E-state index in [1.54, 1.807) is 55.4 Å². The van der Waals surface area contributed by atoms with Crippen LogP contribution in [0.3, 0.4) is 0 Å². The highest BCUT2D eigenvalue weighted by atomic mass is 16.7. The van der Waals surface area contributed by atoms with Crippen LogP contribution in [0.5, 0.6) is 0 Å². The minimum absolute atomic E-state index is 0.138. The molecule has 4 rings (SSSR count). The maximum Gasteiger partial charge on any atom is 0.537 e. The number of benzene rings is 1. The Kier molecular flexibility index (Phi) is 6.04. The highest BCUT2D eigenvalue weighted by molar-refractivity contribution is 5.80. The van der Waals surface area contributed by atoms with Gasteiger partial charge in [-0.1, -0.05) is 30.3 Å². The van der Waals surface area contributed by atoms with Crippen molar-refractivity contribution in [1.29, 1.82) is 0 Å². The van der Waals surface area contributed by atoms with Gasteiger partial charge in [-0.15, -0.1) is 5.01 Å². The van der Waals surface area contributed by atoms with Gasteiger partial charge in [-0.3, -0.25) is 5.01 Å². The van der Waals surface area contributed by atoms with Gasteiger partial charge in [0.25, 0.3) is 0 Å². The first-order valence-corrected chi connectivity index (χ1v) is 11.3. The summed E-state index contributed by atoms with van der Waals surface area (Å²) in [6, 6.07) is 8.47. The fraction of sp³-hybridized carbons (Fsp3) is 0.522. The van der Waals surface area contributed by atoms with Crippen LogP contribution in [0.25, 0.3) is 0 Å². The molecule has 2 aromatic rings. The molecule has 0 bridgehead atoms. The molecule has 1 aromatic carbocycles. The Hall–Kier alpha value is -2.79. The van der Waals surface area contributed by atoms with Crippen molar-refractivity contribution in [1.82, 2.24) is 24.6 Å². The quantitative estimate of drug-likeness (QED) is 0.514. The van der Waals surface area contributed by atoms with Crippen LogP contribution in [0.4, 0.5) is 9.59 Å². The minimum atomic E-state index is -1.23. The second-order valence-electron chi connectivity index (χ2n) is 9.57. The number of fused-ring (bicyclic) bond motifs is 1. The molecule has 0 aliphatic carbocycles. The first-order valence-electron chi connectivity index (χ1n) is 11.3. The Bertz CT molecular complexity index is 1030. The Morgan fingerprint density at radius 2 is 1.79 bits per heavy atom. The molecule has 3 heterocycles. The van der Waals surface area contributed by atoms with Crippen LogP contribution in [0.2, 0.25) is 0 Å². The highest BCUT2D eigenvalue weighted by Gasteiger charge is 2.47. The summed E-state index contributed by atoms with van der Waals surface area (Å²) in [5.41, 5.74) is 0.822. The van der Waals surface area contributed by atoms with Crippen LogP contribution in [0.15, 0.2) is 36.5 Å². The van der Waals surface area contributed by atoms with E-state index in [1.165, 1.54) is 0 Å². The normalized spacial score (nSPS) is 20.4. The summed E-state index contributed by atoms with van der Waals surface area (Å²) in [7, 11) is 0. The van der Waals surface area contributed by atoms with Crippen LogP contribution in [-0.2, 0) is 11.3 Å². The average Bonchev–Trinajstić information content (AvgIpc) is 3.31. The molecular formula is C23H32N6O4. The Balaban J connectivity index is 1.53. The molecule has 0 radical (unpaired) electrons. The van der Waals surface area contributed by atoms with E-state index in [-0.39, 0.29) is 6.03 Å². The number of rotatable bonds is 4. The number of nitrogens with zero attached hydrogens (tertiary/aromatic N) is 6. The van der Waals surface area contributed by atoms with Gasteiger partial charge in [-0.05, 0) is 34.6 Å². The van der Waals surface area contributed by atoms with Gasteiger partial charge in [-0.2, -0.15) is 9.55 Å². The number of hydrogen-bond donors (Lipinski definition) is 0. The second kappa shape index (κ2) is 8.53. The maximum absolute atomic E-state index is 14.3. The van der Waals surface area contributed by atoms with Crippen molar-refractivity contribution >= 4 is 12.1 Å². The number of imidazole rings is 1. The summed E-state index contributed by atoms with van der Waals surface area (Å²) in [6.07, 6.45) is 0.884. The summed E-state index contributed by atoms with van der Waals surface area (Å²) in [5.74, 6) is 0.660. The van der Waals surface area contributed by atoms with E-state index < -0.39 is 22.5 Å². The zero-order valence-electron chi connectivity index (χ0n) is 19.9. The lowest BCUT2D eigenvalue weighted by atomic mass is 10.1. The number of ether oxygens (including phenoxy) is 1.